The average Bonchev–Trinajstić information content (AvgIpc) is 2.62. The quantitative estimate of drug-likeness (QED) is 0.820. The molecule has 1 fully saturated rings. The van der Waals surface area contributed by atoms with E-state index in [1.807, 2.05) is 30.3 Å². The molecule has 1 saturated heterocycles. The highest BCUT2D eigenvalue weighted by atomic mass is 32.2. The standard InChI is InChI=1S/C13H17NO3S/c15-13(14-7-4-9-18(16)10-8-14)17-11-12-5-2-1-3-6-12/h1-3,5-6H,4,7-11H2. The van der Waals surface area contributed by atoms with Gasteiger partial charge in [0.2, 0.25) is 0 Å². The molecule has 1 aromatic rings. The number of ether oxygens (including phenoxy) is 1. The summed E-state index contributed by atoms with van der Waals surface area (Å²) in [6.07, 6.45) is 0.477. The lowest BCUT2D eigenvalue weighted by atomic mass is 10.2. The summed E-state index contributed by atoms with van der Waals surface area (Å²) in [6, 6.07) is 9.60. The first kappa shape index (κ1) is 13.1. The van der Waals surface area contributed by atoms with Crippen LogP contribution in [0.3, 0.4) is 0 Å². The SMILES string of the molecule is O=C(OCc1ccccc1)N1CCCS(=O)CC1. The van der Waals surface area contributed by atoms with Crippen LogP contribution in [-0.4, -0.2) is 39.8 Å². The third kappa shape index (κ3) is 3.84. The van der Waals surface area contributed by atoms with Crippen LogP contribution in [0.5, 0.6) is 0 Å². The maximum atomic E-state index is 11.8. The summed E-state index contributed by atoms with van der Waals surface area (Å²) in [7, 11) is -0.784. The third-order valence-electron chi connectivity index (χ3n) is 2.85. The molecular formula is C13H17NO3S. The van der Waals surface area contributed by atoms with Crippen LogP contribution >= 0.6 is 0 Å². The molecule has 0 radical (unpaired) electrons. The highest BCUT2D eigenvalue weighted by Gasteiger charge is 2.19. The smallest absolute Gasteiger partial charge is 0.410 e. The fraction of sp³-hybridized carbons (Fsp3) is 0.462. The highest BCUT2D eigenvalue weighted by Crippen LogP contribution is 2.06. The van der Waals surface area contributed by atoms with Crippen molar-refractivity contribution in [2.75, 3.05) is 24.6 Å². The van der Waals surface area contributed by atoms with Crippen LogP contribution in [0, 0.1) is 0 Å². The molecule has 0 saturated carbocycles. The van der Waals surface area contributed by atoms with Crippen molar-refractivity contribution in [3.8, 4) is 0 Å². The van der Waals surface area contributed by atoms with Gasteiger partial charge < -0.3 is 9.64 Å². The van der Waals surface area contributed by atoms with E-state index in [1.54, 1.807) is 4.90 Å². The van der Waals surface area contributed by atoms with Crippen molar-refractivity contribution in [3.63, 3.8) is 0 Å². The van der Waals surface area contributed by atoms with Crippen molar-refractivity contribution in [1.82, 2.24) is 4.90 Å². The summed E-state index contributed by atoms with van der Waals surface area (Å²) in [6.45, 7) is 1.46. The molecule has 18 heavy (non-hydrogen) atoms. The second kappa shape index (κ2) is 6.54. The largest absolute Gasteiger partial charge is 0.445 e. The number of hydrogen-bond donors (Lipinski definition) is 0. The molecule has 1 unspecified atom stereocenters. The summed E-state index contributed by atoms with van der Waals surface area (Å²) >= 11 is 0. The highest BCUT2D eigenvalue weighted by molar-refractivity contribution is 7.85. The first-order valence-electron chi connectivity index (χ1n) is 6.06. The molecule has 4 nitrogen and oxygen atoms in total. The molecule has 0 bridgehead atoms. The molecule has 1 heterocycles. The molecule has 1 atom stereocenters. The third-order valence-corrected chi connectivity index (χ3v) is 4.23. The minimum absolute atomic E-state index is 0.291. The van der Waals surface area contributed by atoms with Gasteiger partial charge in [-0.3, -0.25) is 4.21 Å². The molecule has 1 aliphatic heterocycles. The summed E-state index contributed by atoms with van der Waals surface area (Å²) < 4.78 is 16.6. The Hall–Kier alpha value is -1.36. The molecule has 98 valence electrons. The Morgan fingerprint density at radius 3 is 2.78 bits per heavy atom. The van der Waals surface area contributed by atoms with E-state index in [0.29, 0.717) is 31.2 Å². The number of rotatable bonds is 2. The van der Waals surface area contributed by atoms with Gasteiger partial charge in [-0.1, -0.05) is 30.3 Å². The zero-order valence-electron chi connectivity index (χ0n) is 10.2. The number of hydrogen-bond acceptors (Lipinski definition) is 3. The van der Waals surface area contributed by atoms with Crippen molar-refractivity contribution < 1.29 is 13.7 Å². The fourth-order valence-corrected chi connectivity index (χ4v) is 2.91. The van der Waals surface area contributed by atoms with Crippen LogP contribution in [0.25, 0.3) is 0 Å². The first-order chi connectivity index (χ1) is 8.75. The van der Waals surface area contributed by atoms with Gasteiger partial charge in [-0.05, 0) is 12.0 Å². The van der Waals surface area contributed by atoms with Gasteiger partial charge in [0.15, 0.2) is 0 Å². The number of benzene rings is 1. The van der Waals surface area contributed by atoms with E-state index in [4.69, 9.17) is 4.74 Å². The molecule has 0 aromatic heterocycles. The summed E-state index contributed by atoms with van der Waals surface area (Å²) in [5, 5.41) is 0. The van der Waals surface area contributed by atoms with Crippen LogP contribution in [0.15, 0.2) is 30.3 Å². The lowest BCUT2D eigenvalue weighted by Crippen LogP contribution is -2.33. The molecule has 2 rings (SSSR count). The Labute approximate surface area is 109 Å². The van der Waals surface area contributed by atoms with E-state index in [1.165, 1.54) is 0 Å². The predicted octanol–water partition coefficient (Wildman–Crippen LogP) is 1.78. The van der Waals surface area contributed by atoms with Gasteiger partial charge >= 0.3 is 6.09 Å². The van der Waals surface area contributed by atoms with Gasteiger partial charge in [-0.2, -0.15) is 0 Å². The normalized spacial score (nSPS) is 20.2. The van der Waals surface area contributed by atoms with E-state index >= 15 is 0 Å². The maximum absolute atomic E-state index is 11.8. The van der Waals surface area contributed by atoms with Gasteiger partial charge in [0.1, 0.15) is 6.61 Å². The van der Waals surface area contributed by atoms with Crippen molar-refractivity contribution in [2.45, 2.75) is 13.0 Å². The number of carbonyl (C=O) groups is 1. The molecule has 0 aliphatic carbocycles. The monoisotopic (exact) mass is 267 g/mol. The fourth-order valence-electron chi connectivity index (χ4n) is 1.84. The van der Waals surface area contributed by atoms with E-state index < -0.39 is 10.8 Å². The van der Waals surface area contributed by atoms with Crippen molar-refractivity contribution in [2.24, 2.45) is 0 Å². The topological polar surface area (TPSA) is 46.6 Å². The Bertz CT molecular complexity index is 422. The average molecular weight is 267 g/mol. The zero-order valence-corrected chi connectivity index (χ0v) is 11.0. The second-order valence-electron chi connectivity index (χ2n) is 4.23. The van der Waals surface area contributed by atoms with Crippen LogP contribution in [0.2, 0.25) is 0 Å². The maximum Gasteiger partial charge on any atom is 0.410 e. The predicted molar refractivity (Wildman–Crippen MR) is 70.7 cm³/mol. The Morgan fingerprint density at radius 1 is 1.22 bits per heavy atom. The van der Waals surface area contributed by atoms with Gasteiger partial charge in [0.25, 0.3) is 0 Å². The molecule has 1 aromatic carbocycles. The van der Waals surface area contributed by atoms with Gasteiger partial charge in [0, 0.05) is 35.4 Å². The molecule has 1 aliphatic rings. The number of carbonyl (C=O) groups excluding carboxylic acids is 1. The lowest BCUT2D eigenvalue weighted by molar-refractivity contribution is 0.0989. The van der Waals surface area contributed by atoms with Crippen molar-refractivity contribution in [1.29, 1.82) is 0 Å². The molecular weight excluding hydrogens is 250 g/mol. The number of amides is 1. The van der Waals surface area contributed by atoms with Crippen LogP contribution in [0.1, 0.15) is 12.0 Å². The Kier molecular flexibility index (Phi) is 4.75. The van der Waals surface area contributed by atoms with Crippen molar-refractivity contribution in [3.05, 3.63) is 35.9 Å². The summed E-state index contributed by atoms with van der Waals surface area (Å²) in [5.41, 5.74) is 0.976. The van der Waals surface area contributed by atoms with Gasteiger partial charge in [-0.25, -0.2) is 4.79 Å². The minimum Gasteiger partial charge on any atom is -0.445 e. The zero-order chi connectivity index (χ0) is 12.8. The molecule has 0 N–H and O–H groups in total. The summed E-state index contributed by atoms with van der Waals surface area (Å²) in [5.74, 6) is 1.24. The van der Waals surface area contributed by atoms with Crippen LogP contribution < -0.4 is 0 Å². The Morgan fingerprint density at radius 2 is 2.00 bits per heavy atom. The lowest BCUT2D eigenvalue weighted by Gasteiger charge is -2.19. The molecule has 5 heteroatoms. The van der Waals surface area contributed by atoms with Crippen LogP contribution in [-0.2, 0) is 22.1 Å². The Balaban J connectivity index is 1.82. The van der Waals surface area contributed by atoms with E-state index in [9.17, 15) is 9.00 Å². The second-order valence-corrected chi connectivity index (χ2v) is 5.93. The van der Waals surface area contributed by atoms with E-state index in [-0.39, 0.29) is 6.09 Å². The van der Waals surface area contributed by atoms with Gasteiger partial charge in [-0.15, -0.1) is 0 Å². The van der Waals surface area contributed by atoms with E-state index in [2.05, 4.69) is 0 Å². The van der Waals surface area contributed by atoms with E-state index in [0.717, 1.165) is 12.0 Å². The van der Waals surface area contributed by atoms with Crippen molar-refractivity contribution >= 4 is 16.9 Å². The van der Waals surface area contributed by atoms with Crippen LogP contribution in [0.4, 0.5) is 4.79 Å². The van der Waals surface area contributed by atoms with Gasteiger partial charge in [0.05, 0.1) is 0 Å². The molecule has 1 amide bonds. The minimum atomic E-state index is -0.784. The first-order valence-corrected chi connectivity index (χ1v) is 7.55. The molecule has 0 spiro atoms. The number of nitrogens with zero attached hydrogens (tertiary/aromatic N) is 1. The summed E-state index contributed by atoms with van der Waals surface area (Å²) in [4.78, 5) is 13.5.